The molecule has 16 heavy (non-hydrogen) atoms. The van der Waals surface area contributed by atoms with E-state index < -0.39 is 30.5 Å². The number of aliphatic carboxylic acids is 1. The van der Waals surface area contributed by atoms with Gasteiger partial charge in [0, 0.05) is 0 Å². The first-order valence-electron chi connectivity index (χ1n) is 4.41. The van der Waals surface area contributed by atoms with Gasteiger partial charge in [-0.05, 0) is 0 Å². The fourth-order valence-electron chi connectivity index (χ4n) is 1.44. The van der Waals surface area contributed by atoms with Crippen molar-refractivity contribution in [3.8, 4) is 0 Å². The van der Waals surface area contributed by atoms with Crippen LogP contribution in [0.5, 0.6) is 0 Å². The maximum atomic E-state index is 11.7. The van der Waals surface area contributed by atoms with Gasteiger partial charge in [-0.1, -0.05) is 0 Å². The molecule has 0 aromatic carbocycles. The second kappa shape index (κ2) is 3.65. The third-order valence-electron chi connectivity index (χ3n) is 2.15. The van der Waals surface area contributed by atoms with Crippen LogP contribution in [0.15, 0.2) is 12.5 Å². The third kappa shape index (κ3) is 1.60. The molecule has 1 aromatic heterocycles. The minimum absolute atomic E-state index is 0.422. The minimum atomic E-state index is -1.24. The molecule has 0 bridgehead atoms. The maximum absolute atomic E-state index is 11.7. The summed E-state index contributed by atoms with van der Waals surface area (Å²) in [5.74, 6) is -1.84. The van der Waals surface area contributed by atoms with Gasteiger partial charge in [-0.2, -0.15) is 0 Å². The molecule has 2 heterocycles. The van der Waals surface area contributed by atoms with Crippen LogP contribution in [0.3, 0.4) is 0 Å². The zero-order chi connectivity index (χ0) is 11.7. The van der Waals surface area contributed by atoms with Gasteiger partial charge in [0.25, 0.3) is 5.91 Å². The lowest BCUT2D eigenvalue weighted by Gasteiger charge is -2.08. The lowest BCUT2D eigenvalue weighted by atomic mass is 10.2. The molecule has 3 N–H and O–H groups in total. The highest BCUT2D eigenvalue weighted by molar-refractivity contribution is 6.06. The van der Waals surface area contributed by atoms with E-state index in [0.717, 1.165) is 0 Å². The molecule has 1 saturated heterocycles. The number of aromatic nitrogens is 2. The Balaban J connectivity index is 2.19. The normalized spacial score (nSPS) is 20.0. The Hall–Kier alpha value is -2.38. The van der Waals surface area contributed by atoms with Crippen molar-refractivity contribution in [3.05, 3.63) is 18.2 Å². The average Bonchev–Trinajstić information content (AvgIpc) is 2.80. The van der Waals surface area contributed by atoms with Gasteiger partial charge in [0.2, 0.25) is 0 Å². The summed E-state index contributed by atoms with van der Waals surface area (Å²) < 4.78 is 0. The van der Waals surface area contributed by atoms with Gasteiger partial charge in [0.15, 0.2) is 6.04 Å². The fraction of sp³-hybridized carbons (Fsp3) is 0.250. The van der Waals surface area contributed by atoms with Crippen molar-refractivity contribution in [1.29, 1.82) is 0 Å². The zero-order valence-electron chi connectivity index (χ0n) is 8.01. The predicted molar refractivity (Wildman–Crippen MR) is 49.2 cm³/mol. The second-order valence-corrected chi connectivity index (χ2v) is 3.21. The summed E-state index contributed by atoms with van der Waals surface area (Å²) >= 11 is 0. The van der Waals surface area contributed by atoms with Gasteiger partial charge in [0.05, 0.1) is 18.2 Å². The van der Waals surface area contributed by atoms with Crippen LogP contribution in [0, 0.1) is 0 Å². The molecule has 1 fully saturated rings. The second-order valence-electron chi connectivity index (χ2n) is 3.21. The van der Waals surface area contributed by atoms with Crippen LogP contribution in [0.2, 0.25) is 0 Å². The molecule has 0 saturated carbocycles. The highest BCUT2D eigenvalue weighted by Gasteiger charge is 2.40. The minimum Gasteiger partial charge on any atom is -0.480 e. The van der Waals surface area contributed by atoms with Crippen molar-refractivity contribution in [2.75, 3.05) is 6.54 Å². The number of carbonyl (C=O) groups excluding carboxylic acids is 2. The van der Waals surface area contributed by atoms with E-state index in [0.29, 0.717) is 10.6 Å². The van der Waals surface area contributed by atoms with E-state index >= 15 is 0 Å². The Labute approximate surface area is 89.3 Å². The molecule has 84 valence electrons. The number of rotatable bonds is 3. The lowest BCUT2D eigenvalue weighted by Crippen LogP contribution is -2.35. The Bertz CT molecular complexity index is 441. The number of amides is 3. The fourth-order valence-corrected chi connectivity index (χ4v) is 1.44. The van der Waals surface area contributed by atoms with Crippen molar-refractivity contribution in [3.63, 3.8) is 0 Å². The van der Waals surface area contributed by atoms with E-state index in [1.54, 1.807) is 0 Å². The number of imide groups is 1. The smallest absolute Gasteiger partial charge is 0.325 e. The first kappa shape index (κ1) is 10.1. The monoisotopic (exact) mass is 224 g/mol. The van der Waals surface area contributed by atoms with Crippen LogP contribution >= 0.6 is 0 Å². The zero-order valence-corrected chi connectivity index (χ0v) is 8.01. The molecule has 0 radical (unpaired) electrons. The summed E-state index contributed by atoms with van der Waals surface area (Å²) in [4.78, 5) is 40.5. The van der Waals surface area contributed by atoms with E-state index in [4.69, 9.17) is 5.11 Å². The van der Waals surface area contributed by atoms with Crippen LogP contribution in [-0.4, -0.2) is 44.4 Å². The Morgan fingerprint density at radius 3 is 2.88 bits per heavy atom. The number of imidazole rings is 1. The van der Waals surface area contributed by atoms with Crippen molar-refractivity contribution < 1.29 is 19.5 Å². The SMILES string of the molecule is O=C(O)CN1C(=O)NC(c2cnc[nH]2)C1=O. The highest BCUT2D eigenvalue weighted by Crippen LogP contribution is 2.19. The molecule has 0 aliphatic carbocycles. The number of hydrogen-bond acceptors (Lipinski definition) is 4. The molecular formula is C8H8N4O4. The van der Waals surface area contributed by atoms with Gasteiger partial charge in [-0.25, -0.2) is 9.78 Å². The van der Waals surface area contributed by atoms with E-state index in [1.165, 1.54) is 12.5 Å². The summed E-state index contributed by atoms with van der Waals surface area (Å²) in [5.41, 5.74) is 0.422. The first-order valence-corrected chi connectivity index (χ1v) is 4.41. The standard InChI is InChI=1S/C8H8N4O4/c13-5(14)2-12-7(15)6(11-8(12)16)4-1-9-3-10-4/h1,3,6H,2H2,(H,9,10)(H,11,16)(H,13,14). The lowest BCUT2D eigenvalue weighted by molar-refractivity contribution is -0.141. The van der Waals surface area contributed by atoms with E-state index in [1.807, 2.05) is 0 Å². The third-order valence-corrected chi connectivity index (χ3v) is 2.15. The summed E-state index contributed by atoms with van der Waals surface area (Å²) in [5, 5.41) is 10.9. The molecule has 1 aliphatic heterocycles. The van der Waals surface area contributed by atoms with Gasteiger partial charge in [-0.15, -0.1) is 0 Å². The topological polar surface area (TPSA) is 115 Å². The van der Waals surface area contributed by atoms with Crippen LogP contribution in [0.1, 0.15) is 11.7 Å². The van der Waals surface area contributed by atoms with Crippen molar-refractivity contribution in [2.45, 2.75) is 6.04 Å². The number of H-pyrrole nitrogens is 1. The van der Waals surface area contributed by atoms with Crippen LogP contribution in [0.4, 0.5) is 4.79 Å². The largest absolute Gasteiger partial charge is 0.480 e. The Kier molecular flexibility index (Phi) is 2.31. The summed E-state index contributed by atoms with van der Waals surface area (Å²) in [6.45, 7) is -0.644. The molecule has 0 spiro atoms. The maximum Gasteiger partial charge on any atom is 0.325 e. The predicted octanol–water partition coefficient (Wildman–Crippen LogP) is -0.913. The molecule has 8 heteroatoms. The van der Waals surface area contributed by atoms with Gasteiger partial charge < -0.3 is 15.4 Å². The number of hydrogen-bond donors (Lipinski definition) is 3. The summed E-state index contributed by atoms with van der Waals surface area (Å²) in [6.07, 6.45) is 2.77. The van der Waals surface area contributed by atoms with Gasteiger partial charge in [0.1, 0.15) is 6.54 Å². The molecule has 1 aromatic rings. The number of carbonyl (C=O) groups is 3. The summed E-state index contributed by atoms with van der Waals surface area (Å²) in [7, 11) is 0. The quantitative estimate of drug-likeness (QED) is 0.574. The summed E-state index contributed by atoms with van der Waals surface area (Å²) in [6, 6.07) is -1.60. The number of nitrogens with zero attached hydrogens (tertiary/aromatic N) is 2. The van der Waals surface area contributed by atoms with E-state index in [-0.39, 0.29) is 0 Å². The number of nitrogens with one attached hydrogen (secondary N) is 2. The molecule has 1 atom stereocenters. The average molecular weight is 224 g/mol. The molecule has 1 aliphatic rings. The number of urea groups is 1. The Morgan fingerprint density at radius 2 is 2.31 bits per heavy atom. The first-order chi connectivity index (χ1) is 7.59. The molecule has 3 amide bonds. The van der Waals surface area contributed by atoms with E-state index in [9.17, 15) is 14.4 Å². The number of aromatic amines is 1. The molecule has 8 nitrogen and oxygen atoms in total. The van der Waals surface area contributed by atoms with Gasteiger partial charge in [-0.3, -0.25) is 14.5 Å². The van der Waals surface area contributed by atoms with E-state index in [2.05, 4.69) is 15.3 Å². The molecule has 2 rings (SSSR count). The number of carboxylic acids is 1. The van der Waals surface area contributed by atoms with Gasteiger partial charge >= 0.3 is 12.0 Å². The van der Waals surface area contributed by atoms with Crippen molar-refractivity contribution in [2.24, 2.45) is 0 Å². The highest BCUT2D eigenvalue weighted by atomic mass is 16.4. The molecular weight excluding hydrogens is 216 g/mol. The van der Waals surface area contributed by atoms with Crippen LogP contribution in [-0.2, 0) is 9.59 Å². The van der Waals surface area contributed by atoms with Crippen LogP contribution in [0.25, 0.3) is 0 Å². The number of carboxylic acid groups (broad SMARTS) is 1. The van der Waals surface area contributed by atoms with Crippen LogP contribution < -0.4 is 5.32 Å². The van der Waals surface area contributed by atoms with Crippen molar-refractivity contribution in [1.82, 2.24) is 20.2 Å². The van der Waals surface area contributed by atoms with Crippen molar-refractivity contribution >= 4 is 17.9 Å². The Morgan fingerprint density at radius 1 is 1.56 bits per heavy atom. The molecule has 1 unspecified atom stereocenters.